The Morgan fingerprint density at radius 2 is 0.878 bits per heavy atom. The van der Waals surface area contributed by atoms with Gasteiger partial charge in [0.05, 0.1) is 0 Å². The second-order valence-electron chi connectivity index (χ2n) is 11.7. The van der Waals surface area contributed by atoms with Crippen molar-refractivity contribution in [2.24, 2.45) is 0 Å². The van der Waals surface area contributed by atoms with Gasteiger partial charge in [0.15, 0.2) is 0 Å². The number of benzene rings is 5. The van der Waals surface area contributed by atoms with Gasteiger partial charge in [-0.05, 0) is 71.2 Å². The maximum absolute atomic E-state index is 2.47. The molecule has 0 spiro atoms. The van der Waals surface area contributed by atoms with Gasteiger partial charge in [0, 0.05) is 11.1 Å². The van der Waals surface area contributed by atoms with Crippen LogP contribution in [0.2, 0.25) is 0 Å². The Morgan fingerprint density at radius 1 is 0.463 bits per heavy atom. The molecular formula is C40H35Si. The van der Waals surface area contributed by atoms with Gasteiger partial charge in [-0.15, -0.1) is 0 Å². The second-order valence-corrected chi connectivity index (χ2v) is 14.4. The molecule has 0 nitrogen and oxygen atoms in total. The van der Waals surface area contributed by atoms with Gasteiger partial charge in [-0.1, -0.05) is 156 Å². The predicted molar refractivity (Wildman–Crippen MR) is 176 cm³/mol. The molecule has 199 valence electrons. The van der Waals surface area contributed by atoms with Crippen LogP contribution < -0.4 is 5.19 Å². The molecule has 0 aliphatic heterocycles. The Balaban J connectivity index is 1.26. The quantitative estimate of drug-likeness (QED) is 0.180. The van der Waals surface area contributed by atoms with Gasteiger partial charge in [0.1, 0.15) is 8.80 Å². The minimum atomic E-state index is -1.08. The van der Waals surface area contributed by atoms with Crippen molar-refractivity contribution < 1.29 is 0 Å². The zero-order chi connectivity index (χ0) is 27.8. The van der Waals surface area contributed by atoms with Crippen LogP contribution in [0, 0.1) is 0 Å². The van der Waals surface area contributed by atoms with Crippen molar-refractivity contribution in [2.75, 3.05) is 0 Å². The van der Waals surface area contributed by atoms with E-state index < -0.39 is 8.80 Å². The van der Waals surface area contributed by atoms with Crippen LogP contribution >= 0.6 is 0 Å². The molecule has 0 amide bonds. The molecule has 0 N–H and O–H groups in total. The van der Waals surface area contributed by atoms with Crippen molar-refractivity contribution in [1.29, 1.82) is 0 Å². The summed E-state index contributed by atoms with van der Waals surface area (Å²) in [5.41, 5.74) is 15.3. The van der Waals surface area contributed by atoms with Gasteiger partial charge in [0.25, 0.3) is 0 Å². The molecule has 41 heavy (non-hydrogen) atoms. The largest absolute Gasteiger partial charge is 0.110 e. The topological polar surface area (TPSA) is 0 Å². The van der Waals surface area contributed by atoms with Crippen molar-refractivity contribution in [3.8, 4) is 0 Å². The zero-order valence-corrected chi connectivity index (χ0v) is 24.8. The summed E-state index contributed by atoms with van der Waals surface area (Å²) in [5.74, 6) is 0. The summed E-state index contributed by atoms with van der Waals surface area (Å²) in [6.45, 7) is 4.74. The van der Waals surface area contributed by atoms with Crippen molar-refractivity contribution in [2.45, 2.75) is 37.8 Å². The van der Waals surface area contributed by atoms with Gasteiger partial charge in [-0.2, -0.15) is 0 Å². The minimum Gasteiger partial charge on any atom is -0.0677 e. The molecule has 0 saturated carbocycles. The molecule has 1 radical (unpaired) electrons. The monoisotopic (exact) mass is 543 g/mol. The van der Waals surface area contributed by atoms with E-state index in [4.69, 9.17) is 0 Å². The maximum atomic E-state index is 2.47. The van der Waals surface area contributed by atoms with Crippen LogP contribution in [0.4, 0.5) is 0 Å². The van der Waals surface area contributed by atoms with Crippen LogP contribution in [0.3, 0.4) is 0 Å². The van der Waals surface area contributed by atoms with Crippen LogP contribution in [0.1, 0.15) is 69.4 Å². The molecule has 7 rings (SSSR count). The summed E-state index contributed by atoms with van der Waals surface area (Å²) >= 11 is 0. The molecule has 0 saturated heterocycles. The molecule has 1 heteroatoms. The molecule has 0 aromatic heterocycles. The van der Waals surface area contributed by atoms with Gasteiger partial charge in [-0.3, -0.25) is 0 Å². The molecule has 2 aliphatic rings. The standard InChI is InChI=1S/C40H35Si/c1-28-22-34-26-32(24-30-12-6-3-7-13-30)18-20-37(34)39(28)41(36-16-10-5-11-17-36)40-29(2)23-35-27-33(19-21-38(35)40)25-31-14-8-4-9-15-31/h3-23,26-27,39-40H,24-25H2,1-2H3. The average molecular weight is 544 g/mol. The molecule has 5 aromatic carbocycles. The fourth-order valence-corrected chi connectivity index (χ4v) is 10.9. The first kappa shape index (κ1) is 25.7. The van der Waals surface area contributed by atoms with Gasteiger partial charge in [-0.25, -0.2) is 0 Å². The lowest BCUT2D eigenvalue weighted by molar-refractivity contribution is 1.01. The maximum Gasteiger partial charge on any atom is 0.110 e. The van der Waals surface area contributed by atoms with Gasteiger partial charge >= 0.3 is 0 Å². The Morgan fingerprint density at radius 3 is 1.32 bits per heavy atom. The van der Waals surface area contributed by atoms with Crippen molar-refractivity contribution in [3.05, 3.63) is 183 Å². The average Bonchev–Trinajstić information content (AvgIpc) is 3.49. The van der Waals surface area contributed by atoms with Crippen LogP contribution in [0.5, 0.6) is 0 Å². The number of hydrogen-bond donors (Lipinski definition) is 0. The van der Waals surface area contributed by atoms with Crippen LogP contribution in [0.15, 0.2) is 139 Å². The second kappa shape index (κ2) is 11.0. The Kier molecular flexibility index (Phi) is 6.90. The molecule has 0 fully saturated rings. The summed E-state index contributed by atoms with van der Waals surface area (Å²) in [7, 11) is -1.08. The molecule has 2 unspecified atom stereocenters. The number of hydrogen-bond acceptors (Lipinski definition) is 0. The molecule has 2 atom stereocenters. The highest BCUT2D eigenvalue weighted by Crippen LogP contribution is 2.47. The highest BCUT2D eigenvalue weighted by Gasteiger charge is 2.41. The van der Waals surface area contributed by atoms with Crippen molar-refractivity contribution >= 4 is 26.1 Å². The Hall–Kier alpha value is -4.20. The number of allylic oxidation sites excluding steroid dienone is 2. The lowest BCUT2D eigenvalue weighted by Gasteiger charge is -2.32. The first-order valence-electron chi connectivity index (χ1n) is 14.8. The number of rotatable bonds is 7. The lowest BCUT2D eigenvalue weighted by atomic mass is 10.00. The van der Waals surface area contributed by atoms with E-state index in [1.165, 1.54) is 60.8 Å². The summed E-state index contributed by atoms with van der Waals surface area (Å²) in [6.07, 6.45) is 6.90. The third-order valence-electron chi connectivity index (χ3n) is 8.83. The van der Waals surface area contributed by atoms with Crippen LogP contribution in [0.25, 0.3) is 12.2 Å². The van der Waals surface area contributed by atoms with E-state index in [-0.39, 0.29) is 0 Å². The highest BCUT2D eigenvalue weighted by atomic mass is 28.3. The molecule has 2 aliphatic carbocycles. The highest BCUT2D eigenvalue weighted by molar-refractivity contribution is 6.77. The molecule has 0 bridgehead atoms. The molecule has 5 aromatic rings. The summed E-state index contributed by atoms with van der Waals surface area (Å²) in [5, 5.41) is 1.52. The van der Waals surface area contributed by atoms with E-state index >= 15 is 0 Å². The molecular weight excluding hydrogens is 509 g/mol. The Labute approximate surface area is 246 Å². The first-order valence-corrected chi connectivity index (χ1v) is 16.4. The van der Waals surface area contributed by atoms with E-state index in [1.807, 2.05) is 0 Å². The van der Waals surface area contributed by atoms with Crippen LogP contribution in [-0.2, 0) is 12.8 Å². The summed E-state index contributed by atoms with van der Waals surface area (Å²) < 4.78 is 0. The number of fused-ring (bicyclic) bond motifs is 2. The van der Waals surface area contributed by atoms with E-state index in [2.05, 4.69) is 153 Å². The smallest absolute Gasteiger partial charge is 0.0677 e. The Bertz CT molecular complexity index is 1630. The summed E-state index contributed by atoms with van der Waals surface area (Å²) in [6, 6.07) is 47.6. The van der Waals surface area contributed by atoms with Gasteiger partial charge < -0.3 is 0 Å². The fraction of sp³-hybridized carbons (Fsp3) is 0.150. The predicted octanol–water partition coefficient (Wildman–Crippen LogP) is 9.05. The first-order chi connectivity index (χ1) is 20.1. The zero-order valence-electron chi connectivity index (χ0n) is 23.8. The van der Waals surface area contributed by atoms with Gasteiger partial charge in [0.2, 0.25) is 0 Å². The molecule has 0 heterocycles. The van der Waals surface area contributed by atoms with E-state index in [0.717, 1.165) is 12.8 Å². The SMILES string of the molecule is CC1=Cc2cc(Cc3ccccc3)ccc2C1[Si](c1ccccc1)C1C(C)=Cc2cc(Cc3ccccc3)ccc21. The van der Waals surface area contributed by atoms with E-state index in [9.17, 15) is 0 Å². The van der Waals surface area contributed by atoms with Crippen molar-refractivity contribution in [1.82, 2.24) is 0 Å². The van der Waals surface area contributed by atoms with Crippen LogP contribution in [-0.4, -0.2) is 8.80 Å². The van der Waals surface area contributed by atoms with E-state index in [0.29, 0.717) is 11.1 Å². The minimum absolute atomic E-state index is 0.450. The van der Waals surface area contributed by atoms with E-state index in [1.54, 1.807) is 0 Å². The third-order valence-corrected chi connectivity index (χ3v) is 12.6. The lowest BCUT2D eigenvalue weighted by Crippen LogP contribution is -2.43. The summed E-state index contributed by atoms with van der Waals surface area (Å²) in [4.78, 5) is 0. The normalized spacial score (nSPS) is 17.2. The third kappa shape index (κ3) is 5.07. The van der Waals surface area contributed by atoms with Crippen molar-refractivity contribution in [3.63, 3.8) is 0 Å². The fourth-order valence-electron chi connectivity index (χ4n) is 7.01.